The average Bonchev–Trinajstić information content (AvgIpc) is 3.39. The van der Waals surface area contributed by atoms with Gasteiger partial charge >= 0.3 is 11.3 Å². The van der Waals surface area contributed by atoms with Crippen molar-refractivity contribution in [2.24, 2.45) is 7.05 Å². The van der Waals surface area contributed by atoms with Crippen LogP contribution in [0, 0.1) is 0 Å². The molecule has 3 aromatic heterocycles. The van der Waals surface area contributed by atoms with Crippen LogP contribution in [0.5, 0.6) is 0 Å². The summed E-state index contributed by atoms with van der Waals surface area (Å²) in [6.07, 6.45) is 0. The van der Waals surface area contributed by atoms with Crippen LogP contribution in [0.25, 0.3) is 87.5 Å². The van der Waals surface area contributed by atoms with E-state index in [1.54, 1.807) is 0 Å². The highest BCUT2D eigenvalue weighted by atomic mass is 16.4. The number of fused-ring (bicyclic) bond motifs is 9. The highest BCUT2D eigenvalue weighted by molar-refractivity contribution is 6.11. The largest absolute Gasteiger partial charge is 0.422 e. The maximum Gasteiger partial charge on any atom is 0.344 e. The van der Waals surface area contributed by atoms with Crippen LogP contribution in [0.15, 0.2) is 128 Å². The first-order chi connectivity index (χ1) is 24.7. The number of nitrogens with zero attached hydrogens (tertiary/aromatic N) is 1. The molecule has 0 amide bonds. The zero-order chi connectivity index (χ0) is 36.3. The summed E-state index contributed by atoms with van der Waals surface area (Å²) in [5.41, 5.74) is 7.53. The first-order valence-electron chi connectivity index (χ1n) is 17.8. The van der Waals surface area contributed by atoms with Gasteiger partial charge in [-0.2, -0.15) is 0 Å². The molecule has 0 spiro atoms. The van der Waals surface area contributed by atoms with E-state index in [9.17, 15) is 9.59 Å². The molecule has 9 rings (SSSR count). The van der Waals surface area contributed by atoms with Crippen LogP contribution in [0.3, 0.4) is 0 Å². The Bertz CT molecular complexity index is 2880. The first-order valence-corrected chi connectivity index (χ1v) is 17.8. The summed E-state index contributed by atoms with van der Waals surface area (Å²) in [6.45, 7) is 13.3. The topological polar surface area (TPSA) is 65.3 Å². The number of hydrogen-bond acceptors (Lipinski definition) is 4. The molecule has 0 bridgehead atoms. The third-order valence-electron chi connectivity index (χ3n) is 10.8. The second-order valence-electron chi connectivity index (χ2n) is 16.2. The molecule has 0 fully saturated rings. The molecule has 0 N–H and O–H groups in total. The van der Waals surface area contributed by atoms with Crippen LogP contribution < -0.4 is 11.3 Å². The lowest BCUT2D eigenvalue weighted by molar-refractivity contribution is 0.563. The van der Waals surface area contributed by atoms with E-state index < -0.39 is 0 Å². The molecule has 5 heteroatoms. The van der Waals surface area contributed by atoms with Gasteiger partial charge in [0.2, 0.25) is 0 Å². The Morgan fingerprint density at radius 3 is 1.25 bits per heavy atom. The second kappa shape index (κ2) is 11.0. The van der Waals surface area contributed by atoms with E-state index >= 15 is 0 Å². The molecule has 0 aliphatic heterocycles. The molecule has 0 aliphatic rings. The van der Waals surface area contributed by atoms with E-state index in [2.05, 4.69) is 107 Å². The summed E-state index contributed by atoms with van der Waals surface area (Å²) in [4.78, 5) is 26.8. The standard InChI is InChI=1S/C47H39NO4/c1-46(2,3)30-12-16-32-26(20-30)10-18-42-38(32)24-36(44(49)51-42)28-8-14-34-35-15-9-29(23-41(35)48(7)40(34)22-28)37-25-39-33-17-13-31(47(4,5)6)21-27(33)11-19-43(39)52-45(37)50/h8-25H,1-7H3. The summed E-state index contributed by atoms with van der Waals surface area (Å²) in [6, 6.07) is 37.0. The predicted octanol–water partition coefficient (Wildman–Crippen LogP) is 11.8. The predicted molar refractivity (Wildman–Crippen MR) is 216 cm³/mol. The van der Waals surface area contributed by atoms with E-state index in [1.165, 1.54) is 11.1 Å². The van der Waals surface area contributed by atoms with Gasteiger partial charge in [0, 0.05) is 39.6 Å². The second-order valence-corrected chi connectivity index (χ2v) is 16.2. The summed E-state index contributed by atoms with van der Waals surface area (Å²) in [5.74, 6) is 0. The molecule has 5 nitrogen and oxygen atoms in total. The number of hydrogen-bond donors (Lipinski definition) is 0. The number of benzene rings is 6. The molecule has 0 saturated heterocycles. The van der Waals surface area contributed by atoms with Crippen LogP contribution in [0.2, 0.25) is 0 Å². The SMILES string of the molecule is Cn1c2cc(-c3cc4c(ccc5cc(C(C)(C)C)ccc54)oc3=O)ccc2c2ccc(-c3cc4c(ccc5cc(C(C)(C)C)ccc54)oc3=O)cc21. The third-order valence-corrected chi connectivity index (χ3v) is 10.8. The van der Waals surface area contributed by atoms with Crippen molar-refractivity contribution >= 4 is 65.3 Å². The molecular weight excluding hydrogens is 643 g/mol. The number of aromatic nitrogens is 1. The van der Waals surface area contributed by atoms with Gasteiger partial charge in [0.05, 0.1) is 11.1 Å². The summed E-state index contributed by atoms with van der Waals surface area (Å²) >= 11 is 0. The summed E-state index contributed by atoms with van der Waals surface area (Å²) < 4.78 is 13.9. The Labute approximate surface area is 300 Å². The normalized spacial score (nSPS) is 12.7. The summed E-state index contributed by atoms with van der Waals surface area (Å²) in [7, 11) is 2.02. The molecule has 0 saturated carbocycles. The Hall–Kier alpha value is -5.94. The van der Waals surface area contributed by atoms with Crippen LogP contribution in [-0.4, -0.2) is 4.57 Å². The maximum absolute atomic E-state index is 13.4. The molecule has 256 valence electrons. The lowest BCUT2D eigenvalue weighted by atomic mass is 9.85. The van der Waals surface area contributed by atoms with Crippen LogP contribution in [0.4, 0.5) is 0 Å². The Balaban J connectivity index is 1.16. The fourth-order valence-electron chi connectivity index (χ4n) is 7.73. The van der Waals surface area contributed by atoms with Gasteiger partial charge in [0.1, 0.15) is 11.2 Å². The molecule has 3 heterocycles. The van der Waals surface area contributed by atoms with Gasteiger partial charge in [-0.25, -0.2) is 9.59 Å². The van der Waals surface area contributed by atoms with Crippen molar-refractivity contribution in [3.05, 3.63) is 141 Å². The monoisotopic (exact) mass is 681 g/mol. The minimum absolute atomic E-state index is 0.0278. The van der Waals surface area contributed by atoms with E-state index in [1.807, 2.05) is 55.6 Å². The quantitative estimate of drug-likeness (QED) is 0.135. The zero-order valence-electron chi connectivity index (χ0n) is 30.5. The maximum atomic E-state index is 13.4. The van der Waals surface area contributed by atoms with Crippen molar-refractivity contribution in [1.29, 1.82) is 0 Å². The van der Waals surface area contributed by atoms with E-state index in [-0.39, 0.29) is 22.1 Å². The molecule has 52 heavy (non-hydrogen) atoms. The van der Waals surface area contributed by atoms with Gasteiger partial charge < -0.3 is 13.4 Å². The molecule has 0 unspecified atom stereocenters. The smallest absolute Gasteiger partial charge is 0.344 e. The lowest BCUT2D eigenvalue weighted by Crippen LogP contribution is -2.10. The van der Waals surface area contributed by atoms with Gasteiger partial charge in [0.25, 0.3) is 0 Å². The van der Waals surface area contributed by atoms with Gasteiger partial charge in [-0.3, -0.25) is 0 Å². The highest BCUT2D eigenvalue weighted by Crippen LogP contribution is 2.37. The van der Waals surface area contributed by atoms with Crippen molar-refractivity contribution < 1.29 is 8.83 Å². The van der Waals surface area contributed by atoms with Crippen molar-refractivity contribution in [3.63, 3.8) is 0 Å². The lowest BCUT2D eigenvalue weighted by Gasteiger charge is -2.19. The molecule has 9 aromatic rings. The zero-order valence-corrected chi connectivity index (χ0v) is 30.5. The third kappa shape index (κ3) is 4.98. The van der Waals surface area contributed by atoms with E-state index in [4.69, 9.17) is 8.83 Å². The number of rotatable bonds is 2. The van der Waals surface area contributed by atoms with Gasteiger partial charge in [0.15, 0.2) is 0 Å². The molecule has 0 atom stereocenters. The van der Waals surface area contributed by atoms with Crippen molar-refractivity contribution in [3.8, 4) is 22.3 Å². The highest BCUT2D eigenvalue weighted by Gasteiger charge is 2.19. The van der Waals surface area contributed by atoms with Crippen LogP contribution in [-0.2, 0) is 17.9 Å². The van der Waals surface area contributed by atoms with Gasteiger partial charge in [-0.05, 0) is 91.0 Å². The Kier molecular flexibility index (Phi) is 6.79. The van der Waals surface area contributed by atoms with Crippen LogP contribution >= 0.6 is 0 Å². The van der Waals surface area contributed by atoms with Crippen molar-refractivity contribution in [1.82, 2.24) is 4.57 Å². The minimum atomic E-state index is -0.372. The number of aryl methyl sites for hydroxylation is 1. The fourth-order valence-corrected chi connectivity index (χ4v) is 7.73. The van der Waals surface area contributed by atoms with Gasteiger partial charge in [-0.1, -0.05) is 114 Å². The van der Waals surface area contributed by atoms with Crippen molar-refractivity contribution in [2.45, 2.75) is 52.4 Å². The van der Waals surface area contributed by atoms with E-state index in [0.717, 1.165) is 65.3 Å². The van der Waals surface area contributed by atoms with E-state index in [0.29, 0.717) is 22.3 Å². The minimum Gasteiger partial charge on any atom is -0.422 e. The Morgan fingerprint density at radius 1 is 0.442 bits per heavy atom. The van der Waals surface area contributed by atoms with Gasteiger partial charge in [-0.15, -0.1) is 0 Å². The molecular formula is C47H39NO4. The first kappa shape index (κ1) is 32.0. The van der Waals surface area contributed by atoms with Crippen LogP contribution in [0.1, 0.15) is 52.7 Å². The summed E-state index contributed by atoms with van der Waals surface area (Å²) in [5, 5.41) is 8.26. The van der Waals surface area contributed by atoms with Crippen molar-refractivity contribution in [2.75, 3.05) is 0 Å². The fraction of sp³-hybridized carbons (Fsp3) is 0.191. The molecule has 6 aromatic carbocycles. The molecule has 0 aliphatic carbocycles. The Morgan fingerprint density at radius 2 is 0.846 bits per heavy atom. The average molecular weight is 682 g/mol. The molecule has 0 radical (unpaired) electrons.